The van der Waals surface area contributed by atoms with Crippen LogP contribution < -0.4 is 25.6 Å². The number of hydrogen-bond donors (Lipinski definition) is 0. The molecule has 3 heteroatoms. The molecule has 0 N–H and O–H groups in total. The molecule has 0 unspecified atom stereocenters. The molecule has 288 valence electrons. The van der Waals surface area contributed by atoms with E-state index in [4.69, 9.17) is 4.42 Å². The second kappa shape index (κ2) is 15.5. The molecule has 11 rings (SSSR count). The first-order valence-corrected chi connectivity index (χ1v) is 22.9. The SMILES string of the molecule is c1ccc(-c2cccc3c2oc2c(N(c4ccc(-c5cccc([Si](c6ccccc6)(c6ccccc6)c6ccccc6)c5)cc4)c4cccc5ccccc45)cccc23)cc1. The third-order valence-electron chi connectivity index (χ3n) is 12.2. The van der Waals surface area contributed by atoms with Gasteiger partial charge in [-0.2, -0.15) is 0 Å². The van der Waals surface area contributed by atoms with Crippen LogP contribution in [0.1, 0.15) is 0 Å². The fourth-order valence-corrected chi connectivity index (χ4v) is 14.2. The van der Waals surface area contributed by atoms with Crippen LogP contribution in [0.5, 0.6) is 0 Å². The van der Waals surface area contributed by atoms with Gasteiger partial charge < -0.3 is 9.32 Å². The lowest BCUT2D eigenvalue weighted by Crippen LogP contribution is -2.74. The summed E-state index contributed by atoms with van der Waals surface area (Å²) in [5, 5.41) is 9.98. The first kappa shape index (κ1) is 36.4. The largest absolute Gasteiger partial charge is 0.453 e. The van der Waals surface area contributed by atoms with Gasteiger partial charge in [0.05, 0.1) is 11.4 Å². The van der Waals surface area contributed by atoms with Gasteiger partial charge in [-0.05, 0) is 67.1 Å². The Labute approximate surface area is 357 Å². The van der Waals surface area contributed by atoms with Crippen LogP contribution in [0.25, 0.3) is 55.0 Å². The summed E-state index contributed by atoms with van der Waals surface area (Å²) in [6, 6.07) is 90.4. The average Bonchev–Trinajstić information content (AvgIpc) is 3.74. The van der Waals surface area contributed by atoms with Crippen molar-refractivity contribution in [3.05, 3.63) is 249 Å². The van der Waals surface area contributed by atoms with Crippen LogP contribution in [-0.2, 0) is 0 Å². The van der Waals surface area contributed by atoms with E-state index in [1.165, 1.54) is 37.1 Å². The van der Waals surface area contributed by atoms with Crippen LogP contribution in [0, 0.1) is 0 Å². The second-order valence-corrected chi connectivity index (χ2v) is 19.4. The molecule has 10 aromatic carbocycles. The molecule has 0 aliphatic heterocycles. The molecule has 0 bridgehead atoms. The molecular formula is C58H41NOSi. The van der Waals surface area contributed by atoms with Crippen molar-refractivity contribution in [2.45, 2.75) is 0 Å². The molecule has 11 aromatic rings. The van der Waals surface area contributed by atoms with Crippen LogP contribution in [0.15, 0.2) is 253 Å². The molecule has 0 saturated heterocycles. The van der Waals surface area contributed by atoms with Gasteiger partial charge in [0.25, 0.3) is 0 Å². The summed E-state index contributed by atoms with van der Waals surface area (Å²) >= 11 is 0. The van der Waals surface area contributed by atoms with Crippen LogP contribution in [0.4, 0.5) is 17.1 Å². The van der Waals surface area contributed by atoms with Crippen molar-refractivity contribution < 1.29 is 4.42 Å². The normalized spacial score (nSPS) is 11.6. The number of rotatable bonds is 9. The Morgan fingerprint density at radius 1 is 0.311 bits per heavy atom. The van der Waals surface area contributed by atoms with Gasteiger partial charge in [-0.1, -0.05) is 224 Å². The lowest BCUT2D eigenvalue weighted by atomic mass is 10.0. The Balaban J connectivity index is 1.08. The molecule has 0 spiro atoms. The molecule has 0 amide bonds. The number of hydrogen-bond acceptors (Lipinski definition) is 2. The third kappa shape index (κ3) is 6.26. The molecule has 0 radical (unpaired) electrons. The summed E-state index contributed by atoms with van der Waals surface area (Å²) in [5.74, 6) is 0. The number of fused-ring (bicyclic) bond motifs is 4. The number of furan rings is 1. The van der Waals surface area contributed by atoms with Gasteiger partial charge in [0, 0.05) is 27.4 Å². The van der Waals surface area contributed by atoms with Crippen LogP contribution in [0.3, 0.4) is 0 Å². The Hall–Kier alpha value is -7.72. The maximum absolute atomic E-state index is 7.01. The first-order chi connectivity index (χ1) is 30.3. The maximum Gasteiger partial charge on any atom is 0.179 e. The predicted molar refractivity (Wildman–Crippen MR) is 260 cm³/mol. The summed E-state index contributed by atoms with van der Waals surface area (Å²) in [5.41, 5.74) is 9.45. The van der Waals surface area contributed by atoms with E-state index in [0.29, 0.717) is 0 Å². The molecule has 1 heterocycles. The van der Waals surface area contributed by atoms with Crippen molar-refractivity contribution in [3.63, 3.8) is 0 Å². The highest BCUT2D eigenvalue weighted by molar-refractivity contribution is 7.19. The third-order valence-corrected chi connectivity index (χ3v) is 17.0. The molecule has 0 fully saturated rings. The van der Waals surface area contributed by atoms with Crippen molar-refractivity contribution in [1.82, 2.24) is 0 Å². The molecule has 0 atom stereocenters. The zero-order valence-electron chi connectivity index (χ0n) is 33.5. The smallest absolute Gasteiger partial charge is 0.179 e. The van der Waals surface area contributed by atoms with E-state index in [1.54, 1.807) is 0 Å². The highest BCUT2D eigenvalue weighted by Gasteiger charge is 2.41. The van der Waals surface area contributed by atoms with Crippen molar-refractivity contribution in [2.24, 2.45) is 0 Å². The lowest BCUT2D eigenvalue weighted by Gasteiger charge is -2.34. The van der Waals surface area contributed by atoms with Crippen molar-refractivity contribution in [2.75, 3.05) is 4.90 Å². The minimum atomic E-state index is -2.69. The minimum Gasteiger partial charge on any atom is -0.453 e. The number of para-hydroxylation sites is 2. The lowest BCUT2D eigenvalue weighted by molar-refractivity contribution is 0.670. The summed E-state index contributed by atoms with van der Waals surface area (Å²) in [4.78, 5) is 2.37. The van der Waals surface area contributed by atoms with Gasteiger partial charge >= 0.3 is 0 Å². The topological polar surface area (TPSA) is 16.4 Å². The minimum absolute atomic E-state index is 0.856. The van der Waals surface area contributed by atoms with E-state index in [2.05, 4.69) is 254 Å². The van der Waals surface area contributed by atoms with Gasteiger partial charge in [0.15, 0.2) is 13.7 Å². The quantitative estimate of drug-likeness (QED) is 0.107. The molecule has 0 saturated carbocycles. The molecule has 1 aromatic heterocycles. The van der Waals surface area contributed by atoms with Gasteiger partial charge in [-0.25, -0.2) is 0 Å². The van der Waals surface area contributed by atoms with Crippen LogP contribution in [-0.4, -0.2) is 8.07 Å². The number of nitrogens with zero attached hydrogens (tertiary/aromatic N) is 1. The highest BCUT2D eigenvalue weighted by atomic mass is 28.3. The zero-order valence-corrected chi connectivity index (χ0v) is 34.5. The first-order valence-electron chi connectivity index (χ1n) is 20.9. The average molecular weight is 796 g/mol. The van der Waals surface area contributed by atoms with Gasteiger partial charge in [0.1, 0.15) is 5.58 Å². The Bertz CT molecular complexity index is 3190. The zero-order chi connectivity index (χ0) is 40.6. The second-order valence-electron chi connectivity index (χ2n) is 15.6. The van der Waals surface area contributed by atoms with Crippen molar-refractivity contribution in [1.29, 1.82) is 0 Å². The standard InChI is InChI=1S/C58H41NOSi/c1-5-19-44(20-6-1)52-32-17-33-53-54-34-18-36-56(58(54)60-57(52)53)59(55-35-16-22-43-21-13-14-31-51(43)55)46-39-37-42(38-40-46)45-23-15-30-50(41-45)61(47-24-7-2-8-25-47,48-26-9-3-10-27-48)49-28-11-4-12-29-49/h1-41H. The van der Waals surface area contributed by atoms with Crippen molar-refractivity contribution >= 4 is 78.6 Å². The van der Waals surface area contributed by atoms with E-state index in [-0.39, 0.29) is 0 Å². The summed E-state index contributed by atoms with van der Waals surface area (Å²) < 4.78 is 7.01. The fourth-order valence-electron chi connectivity index (χ4n) is 9.44. The Morgan fingerprint density at radius 2 is 0.787 bits per heavy atom. The Morgan fingerprint density at radius 3 is 1.46 bits per heavy atom. The fraction of sp³-hybridized carbons (Fsp3) is 0. The maximum atomic E-state index is 7.01. The molecule has 2 nitrogen and oxygen atoms in total. The van der Waals surface area contributed by atoms with E-state index >= 15 is 0 Å². The van der Waals surface area contributed by atoms with Crippen LogP contribution >= 0.6 is 0 Å². The van der Waals surface area contributed by atoms with Gasteiger partial charge in [-0.3, -0.25) is 0 Å². The van der Waals surface area contributed by atoms with E-state index in [0.717, 1.165) is 55.7 Å². The monoisotopic (exact) mass is 795 g/mol. The van der Waals surface area contributed by atoms with E-state index in [1.807, 2.05) is 0 Å². The van der Waals surface area contributed by atoms with Crippen molar-refractivity contribution in [3.8, 4) is 22.3 Å². The molecule has 61 heavy (non-hydrogen) atoms. The van der Waals surface area contributed by atoms with Crippen LogP contribution in [0.2, 0.25) is 0 Å². The summed E-state index contributed by atoms with van der Waals surface area (Å²) in [6.45, 7) is 0. The number of benzene rings is 10. The van der Waals surface area contributed by atoms with Gasteiger partial charge in [0.2, 0.25) is 0 Å². The number of anilines is 3. The molecule has 0 aliphatic carbocycles. The Kier molecular flexibility index (Phi) is 9.22. The van der Waals surface area contributed by atoms with Gasteiger partial charge in [-0.15, -0.1) is 0 Å². The predicted octanol–water partition coefficient (Wildman–Crippen LogP) is 12.9. The summed E-state index contributed by atoms with van der Waals surface area (Å²) in [6.07, 6.45) is 0. The molecular weight excluding hydrogens is 755 g/mol. The van der Waals surface area contributed by atoms with E-state index in [9.17, 15) is 0 Å². The molecule has 0 aliphatic rings. The highest BCUT2D eigenvalue weighted by Crippen LogP contribution is 2.45. The summed E-state index contributed by atoms with van der Waals surface area (Å²) in [7, 11) is -2.69. The van der Waals surface area contributed by atoms with E-state index < -0.39 is 8.07 Å².